The van der Waals surface area contributed by atoms with Crippen molar-refractivity contribution < 1.29 is 17.9 Å². The Morgan fingerprint density at radius 1 is 1.12 bits per heavy atom. The summed E-state index contributed by atoms with van der Waals surface area (Å²) in [6.07, 6.45) is 0. The van der Waals surface area contributed by atoms with Crippen LogP contribution in [0.3, 0.4) is 0 Å². The highest BCUT2D eigenvalue weighted by molar-refractivity contribution is 7.92. The zero-order valence-electron chi connectivity index (χ0n) is 13.0. The van der Waals surface area contributed by atoms with Gasteiger partial charge in [0.1, 0.15) is 0 Å². The molecule has 5 nitrogen and oxygen atoms in total. The predicted molar refractivity (Wildman–Crippen MR) is 94.4 cm³/mol. The summed E-state index contributed by atoms with van der Waals surface area (Å²) in [4.78, 5) is 11.8. The summed E-state index contributed by atoms with van der Waals surface area (Å²) < 4.78 is 31.2. The Balaban J connectivity index is 2.35. The van der Waals surface area contributed by atoms with Crippen LogP contribution in [-0.4, -0.2) is 28.0 Å². The van der Waals surface area contributed by atoms with Gasteiger partial charge in [-0.3, -0.25) is 4.31 Å². The first-order valence-electron chi connectivity index (χ1n) is 6.98. The van der Waals surface area contributed by atoms with Crippen molar-refractivity contribution in [3.8, 4) is 0 Å². The zero-order chi connectivity index (χ0) is 17.9. The molecule has 8 heteroatoms. The molecule has 0 aliphatic heterocycles. The fraction of sp³-hybridized carbons (Fsp3) is 0.188. The average Bonchev–Trinajstić information content (AvgIpc) is 2.54. The van der Waals surface area contributed by atoms with Crippen molar-refractivity contribution in [3.63, 3.8) is 0 Å². The lowest BCUT2D eigenvalue weighted by molar-refractivity contribution is 0.0526. The van der Waals surface area contributed by atoms with E-state index in [-0.39, 0.29) is 22.1 Å². The van der Waals surface area contributed by atoms with Gasteiger partial charge in [0, 0.05) is 12.1 Å². The van der Waals surface area contributed by atoms with Gasteiger partial charge < -0.3 is 4.74 Å². The summed E-state index contributed by atoms with van der Waals surface area (Å²) in [6, 6.07) is 10.2. The van der Waals surface area contributed by atoms with Crippen LogP contribution in [0.5, 0.6) is 0 Å². The molecule has 0 bridgehead atoms. The van der Waals surface area contributed by atoms with E-state index in [1.807, 2.05) is 0 Å². The molecule has 2 rings (SSSR count). The van der Waals surface area contributed by atoms with Crippen LogP contribution < -0.4 is 4.31 Å². The number of anilines is 1. The Morgan fingerprint density at radius 2 is 1.75 bits per heavy atom. The minimum atomic E-state index is -3.77. The second kappa shape index (κ2) is 7.42. The predicted octanol–water partition coefficient (Wildman–Crippen LogP) is 4.00. The van der Waals surface area contributed by atoms with E-state index in [9.17, 15) is 13.2 Å². The summed E-state index contributed by atoms with van der Waals surface area (Å²) in [6.45, 7) is 1.91. The first-order valence-corrected chi connectivity index (χ1v) is 9.18. The molecular formula is C16H15Cl2NO4S. The normalized spacial score (nSPS) is 11.2. The van der Waals surface area contributed by atoms with Crippen LogP contribution in [-0.2, 0) is 14.8 Å². The van der Waals surface area contributed by atoms with Crippen molar-refractivity contribution in [2.24, 2.45) is 0 Å². The Morgan fingerprint density at radius 3 is 2.29 bits per heavy atom. The van der Waals surface area contributed by atoms with Crippen molar-refractivity contribution >= 4 is 44.9 Å². The van der Waals surface area contributed by atoms with Gasteiger partial charge in [-0.15, -0.1) is 0 Å². The van der Waals surface area contributed by atoms with Crippen molar-refractivity contribution in [2.45, 2.75) is 11.8 Å². The van der Waals surface area contributed by atoms with Crippen molar-refractivity contribution in [2.75, 3.05) is 18.0 Å². The van der Waals surface area contributed by atoms with Crippen LogP contribution >= 0.6 is 23.2 Å². The maximum atomic E-state index is 12.6. The summed E-state index contributed by atoms with van der Waals surface area (Å²) >= 11 is 11.9. The SMILES string of the molecule is CCOC(=O)c1ccc(N(C)S(=O)(=O)c2ccc(Cl)cc2)cc1Cl. The van der Waals surface area contributed by atoms with Gasteiger partial charge in [-0.05, 0) is 49.4 Å². The van der Waals surface area contributed by atoms with Gasteiger partial charge in [-0.25, -0.2) is 13.2 Å². The maximum Gasteiger partial charge on any atom is 0.339 e. The number of carbonyl (C=O) groups excluding carboxylic acids is 1. The molecule has 0 atom stereocenters. The number of halogens is 2. The van der Waals surface area contributed by atoms with Gasteiger partial charge in [-0.1, -0.05) is 23.2 Å². The van der Waals surface area contributed by atoms with Gasteiger partial charge in [0.25, 0.3) is 10.0 Å². The highest BCUT2D eigenvalue weighted by Crippen LogP contribution is 2.28. The van der Waals surface area contributed by atoms with Crippen molar-refractivity contribution in [1.29, 1.82) is 0 Å². The topological polar surface area (TPSA) is 63.7 Å². The maximum absolute atomic E-state index is 12.6. The number of ether oxygens (including phenoxy) is 1. The summed E-state index contributed by atoms with van der Waals surface area (Å²) in [5, 5.41) is 0.558. The van der Waals surface area contributed by atoms with Gasteiger partial charge >= 0.3 is 5.97 Å². The van der Waals surface area contributed by atoms with Crippen molar-refractivity contribution in [1.82, 2.24) is 0 Å². The lowest BCUT2D eigenvalue weighted by Crippen LogP contribution is -2.26. The summed E-state index contributed by atoms with van der Waals surface area (Å²) in [7, 11) is -2.37. The second-order valence-corrected chi connectivity index (χ2v) is 7.62. The first-order chi connectivity index (χ1) is 11.3. The van der Waals surface area contributed by atoms with Gasteiger partial charge in [-0.2, -0.15) is 0 Å². The van der Waals surface area contributed by atoms with E-state index in [4.69, 9.17) is 27.9 Å². The fourth-order valence-electron chi connectivity index (χ4n) is 1.98. The third-order valence-electron chi connectivity index (χ3n) is 3.28. The number of hydrogen-bond acceptors (Lipinski definition) is 4. The minimum Gasteiger partial charge on any atom is -0.462 e. The Bertz CT molecular complexity index is 851. The fourth-order valence-corrected chi connectivity index (χ4v) is 3.54. The number of rotatable bonds is 5. The molecule has 0 saturated carbocycles. The molecule has 2 aromatic rings. The second-order valence-electron chi connectivity index (χ2n) is 4.81. The molecule has 0 unspecified atom stereocenters. The minimum absolute atomic E-state index is 0.0972. The smallest absolute Gasteiger partial charge is 0.339 e. The van der Waals surface area contributed by atoms with Crippen LogP contribution in [0.25, 0.3) is 0 Å². The molecule has 2 aromatic carbocycles. The Hall–Kier alpha value is -1.76. The van der Waals surface area contributed by atoms with E-state index in [2.05, 4.69) is 0 Å². The molecule has 24 heavy (non-hydrogen) atoms. The molecule has 0 radical (unpaired) electrons. The molecule has 0 amide bonds. The number of hydrogen-bond donors (Lipinski definition) is 0. The summed E-state index contributed by atoms with van der Waals surface area (Å²) in [5.74, 6) is -0.558. The first kappa shape index (κ1) is 18.6. The number of carbonyl (C=O) groups is 1. The monoisotopic (exact) mass is 387 g/mol. The number of sulfonamides is 1. The van der Waals surface area contributed by atoms with Crippen LogP contribution in [0.1, 0.15) is 17.3 Å². The molecule has 0 N–H and O–H groups in total. The van der Waals surface area contributed by atoms with Gasteiger partial charge in [0.15, 0.2) is 0 Å². The molecule has 0 heterocycles. The van der Waals surface area contributed by atoms with Crippen LogP contribution in [0.15, 0.2) is 47.4 Å². The number of esters is 1. The largest absolute Gasteiger partial charge is 0.462 e. The van der Waals surface area contributed by atoms with Crippen LogP contribution in [0, 0.1) is 0 Å². The summed E-state index contributed by atoms with van der Waals surface area (Å²) in [5.41, 5.74) is 0.502. The standard InChI is InChI=1S/C16H15Cl2NO4S/c1-3-23-16(20)14-9-6-12(10-15(14)18)19(2)24(21,22)13-7-4-11(17)5-8-13/h4-10H,3H2,1-2H3. The molecule has 0 saturated heterocycles. The van der Waals surface area contributed by atoms with E-state index in [0.29, 0.717) is 10.7 Å². The molecule has 0 fully saturated rings. The molecule has 0 aliphatic carbocycles. The molecule has 0 spiro atoms. The van der Waals surface area contributed by atoms with E-state index in [1.54, 1.807) is 6.92 Å². The van der Waals surface area contributed by atoms with Gasteiger partial charge in [0.2, 0.25) is 0 Å². The van der Waals surface area contributed by atoms with E-state index < -0.39 is 16.0 Å². The third kappa shape index (κ3) is 3.83. The third-order valence-corrected chi connectivity index (χ3v) is 5.65. The highest BCUT2D eigenvalue weighted by Gasteiger charge is 2.22. The van der Waals surface area contributed by atoms with E-state index in [1.165, 1.54) is 49.5 Å². The number of benzene rings is 2. The lowest BCUT2D eigenvalue weighted by atomic mass is 10.2. The quantitative estimate of drug-likeness (QED) is 0.727. The molecule has 128 valence electrons. The molecule has 0 aliphatic rings. The Kier molecular flexibility index (Phi) is 5.74. The lowest BCUT2D eigenvalue weighted by Gasteiger charge is -2.20. The molecular weight excluding hydrogens is 373 g/mol. The van der Waals surface area contributed by atoms with Gasteiger partial charge in [0.05, 0.1) is 27.8 Å². The van der Waals surface area contributed by atoms with E-state index in [0.717, 1.165) is 4.31 Å². The average molecular weight is 388 g/mol. The number of nitrogens with zero attached hydrogens (tertiary/aromatic N) is 1. The van der Waals surface area contributed by atoms with Crippen LogP contribution in [0.4, 0.5) is 5.69 Å². The Labute approximate surface area is 150 Å². The molecule has 0 aromatic heterocycles. The highest BCUT2D eigenvalue weighted by atomic mass is 35.5. The van der Waals surface area contributed by atoms with Crippen LogP contribution in [0.2, 0.25) is 10.0 Å². The zero-order valence-corrected chi connectivity index (χ0v) is 15.3. The van der Waals surface area contributed by atoms with Crippen molar-refractivity contribution in [3.05, 3.63) is 58.1 Å². The van der Waals surface area contributed by atoms with E-state index >= 15 is 0 Å².